The molecule has 1 aromatic carbocycles. The highest BCUT2D eigenvalue weighted by Gasteiger charge is 2.45. The number of thiazole rings is 1. The van der Waals surface area contributed by atoms with E-state index in [9.17, 15) is 4.79 Å². The number of amides is 1. The van der Waals surface area contributed by atoms with Gasteiger partial charge in [0.15, 0.2) is 0 Å². The van der Waals surface area contributed by atoms with E-state index in [0.717, 1.165) is 75.4 Å². The van der Waals surface area contributed by atoms with E-state index in [1.165, 1.54) is 10.3 Å². The molecule has 0 radical (unpaired) electrons. The molecule has 0 unspecified atom stereocenters. The van der Waals surface area contributed by atoms with Crippen LogP contribution in [0.2, 0.25) is 0 Å². The van der Waals surface area contributed by atoms with Gasteiger partial charge < -0.3 is 9.80 Å². The first-order valence-electron chi connectivity index (χ1n) is 11.1. The zero-order valence-electron chi connectivity index (χ0n) is 17.3. The van der Waals surface area contributed by atoms with Crippen LogP contribution in [0.5, 0.6) is 0 Å². The number of fused-ring (bicyclic) bond motifs is 1. The highest BCUT2D eigenvalue weighted by molar-refractivity contribution is 7.18. The fourth-order valence-electron chi connectivity index (χ4n) is 5.13. The average Bonchev–Trinajstić information content (AvgIpc) is 3.42. The van der Waals surface area contributed by atoms with Gasteiger partial charge in [0.05, 0.1) is 46.8 Å². The van der Waals surface area contributed by atoms with Gasteiger partial charge in [-0.05, 0) is 37.1 Å². The van der Waals surface area contributed by atoms with Crippen LogP contribution in [0.3, 0.4) is 0 Å². The number of para-hydroxylation sites is 1. The van der Waals surface area contributed by atoms with Crippen LogP contribution in [-0.4, -0.2) is 47.0 Å². The molecule has 2 aromatic heterocycles. The third-order valence-corrected chi connectivity index (χ3v) is 7.84. The minimum absolute atomic E-state index is 0.240. The lowest BCUT2D eigenvalue weighted by Crippen LogP contribution is -3.13. The Morgan fingerprint density at radius 2 is 1.80 bits per heavy atom. The van der Waals surface area contributed by atoms with Crippen LogP contribution in [0.1, 0.15) is 36.3 Å². The smallest absolute Gasteiger partial charge is 0.229 e. The Kier molecular flexibility index (Phi) is 5.52. The number of quaternary nitrogens is 1. The highest BCUT2D eigenvalue weighted by Crippen LogP contribution is 2.43. The lowest BCUT2D eigenvalue weighted by Gasteiger charge is -2.38. The summed E-state index contributed by atoms with van der Waals surface area (Å²) in [4.78, 5) is 26.3. The lowest BCUT2D eigenvalue weighted by atomic mass is 9.81. The maximum absolute atomic E-state index is 13.7. The van der Waals surface area contributed by atoms with E-state index in [2.05, 4.69) is 40.2 Å². The number of nitrogens with zero attached hydrogens (tertiary/aromatic N) is 3. The molecule has 1 aliphatic carbocycles. The van der Waals surface area contributed by atoms with Crippen molar-refractivity contribution in [2.45, 2.75) is 38.6 Å². The van der Waals surface area contributed by atoms with Gasteiger partial charge in [-0.3, -0.25) is 9.78 Å². The maximum Gasteiger partial charge on any atom is 0.229 e. The Bertz CT molecular complexity index is 971. The number of hydrogen-bond donors (Lipinski definition) is 1. The predicted molar refractivity (Wildman–Crippen MR) is 119 cm³/mol. The first kappa shape index (κ1) is 19.6. The molecular formula is C24H29N4OS+. The summed E-state index contributed by atoms with van der Waals surface area (Å²) >= 11 is 1.76. The minimum Gasteiger partial charge on any atom is -0.331 e. The molecule has 1 N–H and O–H groups in total. The monoisotopic (exact) mass is 421 g/mol. The number of rotatable bonds is 5. The third-order valence-electron chi connectivity index (χ3n) is 6.80. The van der Waals surface area contributed by atoms with Crippen molar-refractivity contribution in [3.63, 3.8) is 0 Å². The lowest BCUT2D eigenvalue weighted by molar-refractivity contribution is -0.917. The Morgan fingerprint density at radius 3 is 2.53 bits per heavy atom. The van der Waals surface area contributed by atoms with Crippen molar-refractivity contribution in [2.75, 3.05) is 26.2 Å². The summed E-state index contributed by atoms with van der Waals surface area (Å²) in [7, 11) is 0. The van der Waals surface area contributed by atoms with Gasteiger partial charge in [-0.1, -0.05) is 25.0 Å². The first-order chi connectivity index (χ1) is 14.7. The van der Waals surface area contributed by atoms with Crippen molar-refractivity contribution < 1.29 is 9.69 Å². The Balaban J connectivity index is 1.26. The zero-order valence-corrected chi connectivity index (χ0v) is 18.2. The third kappa shape index (κ3) is 3.98. The number of pyridine rings is 1. The summed E-state index contributed by atoms with van der Waals surface area (Å²) in [5, 5.41) is 1.12. The Hall–Kier alpha value is -2.31. The second-order valence-electron chi connectivity index (χ2n) is 8.81. The number of nitrogens with one attached hydrogen (secondary N) is 1. The number of carbonyl (C=O) groups excluding carboxylic acids is 1. The molecule has 156 valence electrons. The van der Waals surface area contributed by atoms with Crippen molar-refractivity contribution in [3.05, 3.63) is 59.4 Å². The molecule has 30 heavy (non-hydrogen) atoms. The van der Waals surface area contributed by atoms with E-state index < -0.39 is 0 Å². The van der Waals surface area contributed by atoms with E-state index in [0.29, 0.717) is 5.91 Å². The summed E-state index contributed by atoms with van der Waals surface area (Å²) in [6.45, 7) is 4.78. The van der Waals surface area contributed by atoms with Gasteiger partial charge in [-0.2, -0.15) is 0 Å². The first-order valence-corrected chi connectivity index (χ1v) is 11.9. The predicted octanol–water partition coefficient (Wildman–Crippen LogP) is 2.72. The van der Waals surface area contributed by atoms with Crippen LogP contribution in [0.4, 0.5) is 0 Å². The minimum atomic E-state index is -0.240. The van der Waals surface area contributed by atoms with Crippen molar-refractivity contribution in [3.8, 4) is 0 Å². The SMILES string of the molecule is O=C(N1CC[NH+](Cc2ccncc2)CC1)C1(Cc2nc3ccccc3s2)CCCC1. The normalized spacial score (nSPS) is 19.4. The quantitative estimate of drug-likeness (QED) is 0.689. The standard InChI is InChI=1S/C24H28N4OS/c29-23(28-15-13-27(14-16-28)18-19-7-11-25-12-8-19)24(9-3-4-10-24)17-22-26-20-5-1-2-6-21(20)30-22/h1-2,5-8,11-12H,3-4,9-10,13-18H2/p+1. The zero-order chi connectivity index (χ0) is 20.4. The summed E-state index contributed by atoms with van der Waals surface area (Å²) in [6, 6.07) is 12.5. The summed E-state index contributed by atoms with van der Waals surface area (Å²) in [6.07, 6.45) is 8.85. The fraction of sp³-hybridized carbons (Fsp3) is 0.458. The molecule has 5 nitrogen and oxygen atoms in total. The largest absolute Gasteiger partial charge is 0.331 e. The highest BCUT2D eigenvalue weighted by atomic mass is 32.1. The second kappa shape index (κ2) is 8.44. The fourth-order valence-corrected chi connectivity index (χ4v) is 6.24. The second-order valence-corrected chi connectivity index (χ2v) is 9.93. The molecule has 0 bridgehead atoms. The maximum atomic E-state index is 13.7. The molecule has 1 saturated heterocycles. The summed E-state index contributed by atoms with van der Waals surface area (Å²) in [5.41, 5.74) is 2.14. The van der Waals surface area contributed by atoms with Gasteiger partial charge in [-0.25, -0.2) is 4.98 Å². The molecule has 0 atom stereocenters. The van der Waals surface area contributed by atoms with Crippen LogP contribution >= 0.6 is 11.3 Å². The number of benzene rings is 1. The van der Waals surface area contributed by atoms with Crippen LogP contribution in [0, 0.1) is 5.41 Å². The van der Waals surface area contributed by atoms with E-state index in [4.69, 9.17) is 4.98 Å². The molecular weight excluding hydrogens is 392 g/mol. The van der Waals surface area contributed by atoms with Crippen LogP contribution in [0.15, 0.2) is 48.8 Å². The van der Waals surface area contributed by atoms with Crippen LogP contribution in [0.25, 0.3) is 10.2 Å². The number of aromatic nitrogens is 2. The molecule has 0 spiro atoms. The van der Waals surface area contributed by atoms with Crippen LogP contribution < -0.4 is 4.90 Å². The average molecular weight is 422 g/mol. The van der Waals surface area contributed by atoms with Gasteiger partial charge in [0.2, 0.25) is 5.91 Å². The van der Waals surface area contributed by atoms with E-state index >= 15 is 0 Å². The molecule has 5 rings (SSSR count). The van der Waals surface area contributed by atoms with Crippen molar-refractivity contribution in [2.24, 2.45) is 5.41 Å². The number of piperazine rings is 1. The molecule has 1 saturated carbocycles. The number of carbonyl (C=O) groups is 1. The molecule has 1 amide bonds. The molecule has 6 heteroatoms. The summed E-state index contributed by atoms with van der Waals surface area (Å²) < 4.78 is 1.22. The number of hydrogen-bond acceptors (Lipinski definition) is 4. The Labute approximate surface area is 181 Å². The molecule has 2 fully saturated rings. The van der Waals surface area contributed by atoms with E-state index in [1.54, 1.807) is 16.2 Å². The Morgan fingerprint density at radius 1 is 1.07 bits per heavy atom. The molecule has 3 aromatic rings. The van der Waals surface area contributed by atoms with Gasteiger partial charge >= 0.3 is 0 Å². The van der Waals surface area contributed by atoms with Gasteiger partial charge in [0.1, 0.15) is 6.54 Å². The van der Waals surface area contributed by atoms with Crippen LogP contribution in [-0.2, 0) is 17.8 Å². The van der Waals surface area contributed by atoms with E-state index in [1.807, 2.05) is 18.5 Å². The summed E-state index contributed by atoms with van der Waals surface area (Å²) in [5.74, 6) is 0.377. The molecule has 1 aliphatic heterocycles. The van der Waals surface area contributed by atoms with Gasteiger partial charge in [0.25, 0.3) is 0 Å². The van der Waals surface area contributed by atoms with Crippen molar-refractivity contribution in [1.82, 2.24) is 14.9 Å². The topological polar surface area (TPSA) is 50.5 Å². The van der Waals surface area contributed by atoms with E-state index in [-0.39, 0.29) is 5.41 Å². The van der Waals surface area contributed by atoms with Gasteiger partial charge in [-0.15, -0.1) is 11.3 Å². The van der Waals surface area contributed by atoms with Gasteiger partial charge in [0, 0.05) is 24.4 Å². The van der Waals surface area contributed by atoms with Crippen molar-refractivity contribution in [1.29, 1.82) is 0 Å². The molecule has 3 heterocycles. The van der Waals surface area contributed by atoms with Crippen molar-refractivity contribution >= 4 is 27.5 Å². The molecule has 2 aliphatic rings.